The molecule has 0 saturated heterocycles. The van der Waals surface area contributed by atoms with Crippen LogP contribution in [0.15, 0.2) is 73.9 Å². The molecule has 0 fully saturated rings. The number of ether oxygens (including phenoxy) is 2. The number of allylic oxidation sites excluding steroid dienone is 2. The normalized spacial score (nSPS) is 19.4. The van der Waals surface area contributed by atoms with Crippen LogP contribution in [0.3, 0.4) is 0 Å². The van der Waals surface area contributed by atoms with E-state index in [0.29, 0.717) is 25.0 Å². The Morgan fingerprint density at radius 2 is 1.30 bits per heavy atom. The molecule has 2 unspecified atom stereocenters. The third-order valence-corrected chi connectivity index (χ3v) is 5.67. The first kappa shape index (κ1) is 16.2. The molecule has 27 heavy (non-hydrogen) atoms. The van der Waals surface area contributed by atoms with Gasteiger partial charge in [-0.3, -0.25) is 0 Å². The first-order valence-corrected chi connectivity index (χ1v) is 9.49. The van der Waals surface area contributed by atoms with Crippen molar-refractivity contribution in [3.8, 4) is 11.5 Å². The van der Waals surface area contributed by atoms with Crippen molar-refractivity contribution < 1.29 is 9.47 Å². The van der Waals surface area contributed by atoms with Crippen LogP contribution < -0.4 is 9.47 Å². The summed E-state index contributed by atoms with van der Waals surface area (Å²) in [4.78, 5) is 0. The summed E-state index contributed by atoms with van der Waals surface area (Å²) in [5.74, 6) is 2.81. The molecule has 2 atom stereocenters. The number of fused-ring (bicyclic) bond motifs is 7. The van der Waals surface area contributed by atoms with Crippen molar-refractivity contribution in [2.45, 2.75) is 18.3 Å². The van der Waals surface area contributed by atoms with E-state index in [0.717, 1.165) is 28.7 Å². The largest absolute Gasteiger partial charge is 0.489 e. The number of rotatable bonds is 6. The molecule has 0 aliphatic heterocycles. The molecule has 2 heteroatoms. The highest BCUT2D eigenvalue weighted by molar-refractivity contribution is 6.05. The van der Waals surface area contributed by atoms with Crippen molar-refractivity contribution >= 4 is 21.5 Å². The molecule has 0 aromatic heterocycles. The average Bonchev–Trinajstić information content (AvgIpc) is 3.31. The van der Waals surface area contributed by atoms with Gasteiger partial charge in [0.2, 0.25) is 0 Å². The third-order valence-electron chi connectivity index (χ3n) is 5.67. The molecule has 2 bridgehead atoms. The number of benzene rings is 3. The fraction of sp³-hybridized carbons (Fsp3) is 0.200. The van der Waals surface area contributed by atoms with Crippen LogP contribution in [0.4, 0.5) is 0 Å². The molecule has 3 aromatic carbocycles. The van der Waals surface area contributed by atoms with Crippen LogP contribution in [0.2, 0.25) is 0 Å². The van der Waals surface area contributed by atoms with E-state index in [1.807, 2.05) is 12.2 Å². The van der Waals surface area contributed by atoms with Crippen LogP contribution in [-0.2, 0) is 0 Å². The Morgan fingerprint density at radius 3 is 1.74 bits per heavy atom. The van der Waals surface area contributed by atoms with Gasteiger partial charge in [0.1, 0.15) is 24.7 Å². The molecule has 0 N–H and O–H groups in total. The van der Waals surface area contributed by atoms with Crippen LogP contribution in [0, 0.1) is 0 Å². The van der Waals surface area contributed by atoms with Crippen molar-refractivity contribution in [2.24, 2.45) is 0 Å². The van der Waals surface area contributed by atoms with Gasteiger partial charge in [0.05, 0.1) is 0 Å². The molecule has 0 amide bonds. The molecule has 0 radical (unpaired) electrons. The summed E-state index contributed by atoms with van der Waals surface area (Å²) in [6.07, 6.45) is 9.37. The summed E-state index contributed by atoms with van der Waals surface area (Å²) in [6.45, 7) is 8.67. The van der Waals surface area contributed by atoms with Crippen molar-refractivity contribution in [3.05, 3.63) is 85.0 Å². The lowest BCUT2D eigenvalue weighted by molar-refractivity contribution is 0.354. The van der Waals surface area contributed by atoms with Crippen LogP contribution in [0.25, 0.3) is 21.5 Å². The Balaban J connectivity index is 1.88. The summed E-state index contributed by atoms with van der Waals surface area (Å²) < 4.78 is 12.5. The van der Waals surface area contributed by atoms with Crippen LogP contribution in [-0.4, -0.2) is 13.2 Å². The standard InChI is InChI=1S/C25H22O2/c1-3-11-26-24-20-14-16-7-5-6-8-17(16)15-21(20)25(27-12-4-2)23-19-10-9-18(13-19)22(23)24/h3-10,14-15,18-19H,1-2,11-13H2. The van der Waals surface area contributed by atoms with Crippen molar-refractivity contribution in [1.82, 2.24) is 0 Å². The summed E-state index contributed by atoms with van der Waals surface area (Å²) >= 11 is 0. The Bertz CT molecular complexity index is 1020. The van der Waals surface area contributed by atoms with Gasteiger partial charge in [-0.15, -0.1) is 0 Å². The lowest BCUT2D eigenvalue weighted by Crippen LogP contribution is -2.06. The molecule has 5 rings (SSSR count). The highest BCUT2D eigenvalue weighted by atomic mass is 16.5. The van der Waals surface area contributed by atoms with Crippen LogP contribution in [0.1, 0.15) is 29.4 Å². The molecule has 0 spiro atoms. The molecule has 134 valence electrons. The number of hydrogen-bond donors (Lipinski definition) is 0. The highest BCUT2D eigenvalue weighted by Gasteiger charge is 2.39. The molecule has 3 aromatic rings. The van der Waals surface area contributed by atoms with E-state index >= 15 is 0 Å². The first-order valence-electron chi connectivity index (χ1n) is 9.49. The fourth-order valence-corrected chi connectivity index (χ4v) is 4.61. The van der Waals surface area contributed by atoms with Crippen LogP contribution >= 0.6 is 0 Å². The first-order chi connectivity index (χ1) is 13.3. The molecular weight excluding hydrogens is 332 g/mol. The second kappa shape index (κ2) is 6.31. The van der Waals surface area contributed by atoms with Crippen LogP contribution in [0.5, 0.6) is 11.5 Å². The summed E-state index contributed by atoms with van der Waals surface area (Å²) in [5, 5.41) is 4.66. The van der Waals surface area contributed by atoms with Gasteiger partial charge < -0.3 is 9.47 Å². The Kier molecular flexibility index (Phi) is 3.78. The van der Waals surface area contributed by atoms with Crippen molar-refractivity contribution in [3.63, 3.8) is 0 Å². The average molecular weight is 354 g/mol. The van der Waals surface area contributed by atoms with E-state index in [9.17, 15) is 0 Å². The lowest BCUT2D eigenvalue weighted by Gasteiger charge is -2.23. The Labute approximate surface area is 159 Å². The van der Waals surface area contributed by atoms with Gasteiger partial charge in [0.15, 0.2) is 0 Å². The maximum atomic E-state index is 6.24. The summed E-state index contributed by atoms with van der Waals surface area (Å²) in [5.41, 5.74) is 2.59. The quantitative estimate of drug-likeness (QED) is 0.384. The lowest BCUT2D eigenvalue weighted by atomic mass is 9.89. The second-order valence-electron chi connectivity index (χ2n) is 7.26. The topological polar surface area (TPSA) is 18.5 Å². The third kappa shape index (κ3) is 2.40. The van der Waals surface area contributed by atoms with Gasteiger partial charge in [0.25, 0.3) is 0 Å². The smallest absolute Gasteiger partial charge is 0.131 e. The molecule has 2 aliphatic carbocycles. The highest BCUT2D eigenvalue weighted by Crippen LogP contribution is 2.58. The SMILES string of the molecule is C=CCOc1c2c(c(OCC=C)c3cc4ccccc4cc13)C1C=CC2C1. The summed E-state index contributed by atoms with van der Waals surface area (Å²) in [7, 11) is 0. The van der Waals surface area contributed by atoms with Gasteiger partial charge in [-0.1, -0.05) is 61.7 Å². The maximum Gasteiger partial charge on any atom is 0.131 e. The zero-order chi connectivity index (χ0) is 18.4. The van der Waals surface area contributed by atoms with E-state index in [-0.39, 0.29) is 0 Å². The second-order valence-corrected chi connectivity index (χ2v) is 7.26. The van der Waals surface area contributed by atoms with E-state index in [4.69, 9.17) is 9.47 Å². The van der Waals surface area contributed by atoms with Crippen molar-refractivity contribution in [1.29, 1.82) is 0 Å². The van der Waals surface area contributed by atoms with E-state index in [1.165, 1.54) is 21.9 Å². The Hall–Kier alpha value is -3.00. The van der Waals surface area contributed by atoms with Gasteiger partial charge in [0, 0.05) is 33.7 Å². The molecule has 2 aliphatic rings. The van der Waals surface area contributed by atoms with E-state index in [2.05, 4.69) is 61.7 Å². The molecule has 0 heterocycles. The Morgan fingerprint density at radius 1 is 0.815 bits per heavy atom. The predicted octanol–water partition coefficient (Wildman–Crippen LogP) is 6.26. The molecule has 0 saturated carbocycles. The molecule has 2 nitrogen and oxygen atoms in total. The monoisotopic (exact) mass is 354 g/mol. The molecular formula is C25H22O2. The maximum absolute atomic E-state index is 6.24. The minimum Gasteiger partial charge on any atom is -0.489 e. The van der Waals surface area contributed by atoms with Gasteiger partial charge >= 0.3 is 0 Å². The van der Waals surface area contributed by atoms with Gasteiger partial charge in [-0.25, -0.2) is 0 Å². The predicted molar refractivity (Wildman–Crippen MR) is 112 cm³/mol. The van der Waals surface area contributed by atoms with Gasteiger partial charge in [-0.2, -0.15) is 0 Å². The minimum atomic E-state index is 0.409. The number of hydrogen-bond acceptors (Lipinski definition) is 2. The van der Waals surface area contributed by atoms with E-state index in [1.54, 1.807) is 0 Å². The fourth-order valence-electron chi connectivity index (χ4n) is 4.61. The van der Waals surface area contributed by atoms with Crippen molar-refractivity contribution in [2.75, 3.05) is 13.2 Å². The zero-order valence-corrected chi connectivity index (χ0v) is 15.3. The summed E-state index contributed by atoms with van der Waals surface area (Å²) in [6, 6.07) is 12.9. The van der Waals surface area contributed by atoms with E-state index < -0.39 is 0 Å². The van der Waals surface area contributed by atoms with Gasteiger partial charge in [-0.05, 0) is 29.3 Å². The minimum absolute atomic E-state index is 0.409. The zero-order valence-electron chi connectivity index (χ0n) is 15.3.